The van der Waals surface area contributed by atoms with Gasteiger partial charge in [0.2, 0.25) is 5.76 Å². The zero-order valence-corrected chi connectivity index (χ0v) is 24.8. The molecule has 0 N–H and O–H groups in total. The van der Waals surface area contributed by atoms with Gasteiger partial charge in [-0.15, -0.1) is 0 Å². The number of fused-ring (bicyclic) bond motifs is 6. The Morgan fingerprint density at radius 1 is 0.907 bits per heavy atom. The van der Waals surface area contributed by atoms with Gasteiger partial charge in [0.25, 0.3) is 11.8 Å². The number of benzene rings is 4. The summed E-state index contributed by atoms with van der Waals surface area (Å²) in [6.45, 7) is 2.22. The van der Waals surface area contributed by atoms with E-state index in [1.165, 1.54) is 22.3 Å². The van der Waals surface area contributed by atoms with Gasteiger partial charge in [0.15, 0.2) is 16.1 Å². The largest absolute Gasteiger partial charge is 0.450 e. The Hall–Kier alpha value is -4.50. The Bertz CT molecular complexity index is 2260. The highest BCUT2D eigenvalue weighted by Crippen LogP contribution is 2.55. The van der Waals surface area contributed by atoms with Crippen molar-refractivity contribution in [2.45, 2.75) is 19.0 Å². The van der Waals surface area contributed by atoms with Crippen LogP contribution in [0.3, 0.4) is 0 Å². The lowest BCUT2D eigenvalue weighted by molar-refractivity contribution is -0.121. The first-order valence-electron chi connectivity index (χ1n) is 13.4. The number of carbonyl (C=O) groups excluding carboxylic acids is 2. The Balaban J connectivity index is 1.46. The molecule has 7 nitrogen and oxygen atoms in total. The van der Waals surface area contributed by atoms with Crippen LogP contribution in [0.5, 0.6) is 0 Å². The molecule has 2 aliphatic rings. The monoisotopic (exact) mass is 623 g/mol. The average molecular weight is 625 g/mol. The fourth-order valence-corrected chi connectivity index (χ4v) is 7.73. The fraction of sp³-hybridized carbons (Fsp3) is 0.0909. The summed E-state index contributed by atoms with van der Waals surface area (Å²) < 4.78 is 6.88. The van der Waals surface area contributed by atoms with Crippen LogP contribution in [0.15, 0.2) is 94.1 Å². The molecule has 0 saturated heterocycles. The summed E-state index contributed by atoms with van der Waals surface area (Å²) in [6.07, 6.45) is 0. The molecule has 10 heteroatoms. The van der Waals surface area contributed by atoms with E-state index in [1.54, 1.807) is 47.4 Å². The van der Waals surface area contributed by atoms with Crippen molar-refractivity contribution < 1.29 is 14.0 Å². The van der Waals surface area contributed by atoms with E-state index in [2.05, 4.69) is 0 Å². The first kappa shape index (κ1) is 26.2. The molecule has 4 heterocycles. The van der Waals surface area contributed by atoms with Crippen molar-refractivity contribution in [3.05, 3.63) is 133 Å². The van der Waals surface area contributed by atoms with Crippen molar-refractivity contribution in [2.24, 2.45) is 0 Å². The van der Waals surface area contributed by atoms with E-state index in [0.29, 0.717) is 26.8 Å². The van der Waals surface area contributed by atoms with Gasteiger partial charge < -0.3 is 9.32 Å². The lowest BCUT2D eigenvalue weighted by Gasteiger charge is -2.32. The molecule has 1 spiro atoms. The van der Waals surface area contributed by atoms with Gasteiger partial charge in [0.05, 0.1) is 33.4 Å². The van der Waals surface area contributed by atoms with Crippen molar-refractivity contribution in [3.63, 3.8) is 0 Å². The van der Waals surface area contributed by atoms with Crippen LogP contribution < -0.4 is 15.2 Å². The van der Waals surface area contributed by atoms with Crippen LogP contribution in [0.25, 0.3) is 21.2 Å². The van der Waals surface area contributed by atoms with Crippen LogP contribution in [-0.2, 0) is 16.9 Å². The normalized spacial score (nSPS) is 17.5. The fourth-order valence-electron chi connectivity index (χ4n) is 6.27. The van der Waals surface area contributed by atoms with Crippen LogP contribution in [0.1, 0.15) is 32.8 Å². The number of hydrogen-bond donors (Lipinski definition) is 0. The molecular weight excluding hydrogens is 605 g/mol. The number of thiazole rings is 1. The van der Waals surface area contributed by atoms with Crippen molar-refractivity contribution in [1.29, 1.82) is 0 Å². The van der Waals surface area contributed by atoms with E-state index in [9.17, 15) is 9.59 Å². The molecule has 0 fully saturated rings. The summed E-state index contributed by atoms with van der Waals surface area (Å²) >= 11 is 13.8. The van der Waals surface area contributed by atoms with Gasteiger partial charge in [0.1, 0.15) is 5.58 Å². The number of para-hydroxylation sites is 1. The van der Waals surface area contributed by atoms with Crippen molar-refractivity contribution >= 4 is 78.4 Å². The van der Waals surface area contributed by atoms with Gasteiger partial charge in [-0.3, -0.25) is 19.3 Å². The number of carbonyl (C=O) groups is 2. The molecule has 43 heavy (non-hydrogen) atoms. The molecule has 1 unspecified atom stereocenters. The zero-order chi connectivity index (χ0) is 29.6. The summed E-state index contributed by atoms with van der Waals surface area (Å²) in [7, 11) is 0. The number of aryl methyl sites for hydroxylation is 1. The highest BCUT2D eigenvalue weighted by atomic mass is 35.5. The molecule has 0 bridgehead atoms. The van der Waals surface area contributed by atoms with Gasteiger partial charge in [0, 0.05) is 15.6 Å². The Morgan fingerprint density at radius 2 is 1.70 bits per heavy atom. The second kappa shape index (κ2) is 9.25. The molecule has 0 saturated carbocycles. The maximum absolute atomic E-state index is 15.1. The molecule has 2 aliphatic heterocycles. The second-order valence-electron chi connectivity index (χ2n) is 10.6. The van der Waals surface area contributed by atoms with Gasteiger partial charge in [-0.1, -0.05) is 82.6 Å². The second-order valence-corrected chi connectivity index (χ2v) is 12.5. The molecule has 2 aromatic heterocycles. The van der Waals surface area contributed by atoms with Gasteiger partial charge in [-0.05, 0) is 55.0 Å². The van der Waals surface area contributed by atoms with Gasteiger partial charge >= 0.3 is 0 Å². The van der Waals surface area contributed by atoms with E-state index >= 15 is 4.79 Å². The van der Waals surface area contributed by atoms with Crippen LogP contribution in [0, 0.1) is 6.92 Å². The third-order valence-corrected chi connectivity index (χ3v) is 9.51. The summed E-state index contributed by atoms with van der Waals surface area (Å²) in [5.74, 6) is -1.28. The van der Waals surface area contributed by atoms with Crippen molar-refractivity contribution in [3.8, 4) is 0 Å². The van der Waals surface area contributed by atoms with Gasteiger partial charge in [-0.2, -0.15) is 0 Å². The SMILES string of the molecule is Cc1cccc(CN2C(=O)C3(c4ccccc42)c2c(oc4ccc(Cl)cc4c2=O)C(=O)N3c2nc3ccc(Cl)cc3s2)c1. The highest BCUT2D eigenvalue weighted by Gasteiger charge is 2.66. The van der Waals surface area contributed by atoms with E-state index in [0.717, 1.165) is 15.8 Å². The Morgan fingerprint density at radius 3 is 2.53 bits per heavy atom. The maximum atomic E-state index is 15.1. The zero-order valence-electron chi connectivity index (χ0n) is 22.4. The first-order valence-corrected chi connectivity index (χ1v) is 15.0. The smallest absolute Gasteiger partial charge is 0.297 e. The number of halogens is 2. The van der Waals surface area contributed by atoms with Crippen LogP contribution >= 0.6 is 34.5 Å². The number of nitrogens with zero attached hydrogens (tertiary/aromatic N) is 3. The highest BCUT2D eigenvalue weighted by molar-refractivity contribution is 7.22. The predicted octanol–water partition coefficient (Wildman–Crippen LogP) is 7.47. The van der Waals surface area contributed by atoms with E-state index in [4.69, 9.17) is 32.6 Å². The molecule has 0 radical (unpaired) electrons. The Kier molecular flexibility index (Phi) is 5.62. The molecule has 1 atom stereocenters. The molecule has 0 aliphatic carbocycles. The topological polar surface area (TPSA) is 83.7 Å². The number of hydrogen-bond acceptors (Lipinski definition) is 6. The van der Waals surface area contributed by atoms with Crippen molar-refractivity contribution in [2.75, 3.05) is 9.80 Å². The number of rotatable bonds is 3. The quantitative estimate of drug-likeness (QED) is 0.204. The molecule has 4 aromatic carbocycles. The standard InChI is InChI=1S/C33H19Cl2N3O4S/c1-17-5-4-6-18(13-17)16-37-24-8-3-2-7-22(24)33(31(37)41)27-28(39)21-14-19(34)10-12-25(21)42-29(27)30(40)38(33)32-36-23-11-9-20(35)15-26(23)43-32/h2-15H,16H2,1H3. The van der Waals surface area contributed by atoms with Crippen molar-refractivity contribution in [1.82, 2.24) is 4.98 Å². The maximum Gasteiger partial charge on any atom is 0.297 e. The summed E-state index contributed by atoms with van der Waals surface area (Å²) in [6, 6.07) is 25.0. The minimum atomic E-state index is -1.86. The summed E-state index contributed by atoms with van der Waals surface area (Å²) in [5.41, 5.74) is 1.44. The predicted molar refractivity (Wildman–Crippen MR) is 169 cm³/mol. The van der Waals surface area contributed by atoms with Crippen LogP contribution in [-0.4, -0.2) is 16.8 Å². The average Bonchev–Trinajstić information content (AvgIpc) is 3.59. The number of anilines is 2. The molecule has 210 valence electrons. The summed E-state index contributed by atoms with van der Waals surface area (Å²) in [4.78, 5) is 51.7. The number of aromatic nitrogens is 1. The van der Waals surface area contributed by atoms with E-state index in [-0.39, 0.29) is 34.0 Å². The van der Waals surface area contributed by atoms with E-state index < -0.39 is 22.8 Å². The third-order valence-electron chi connectivity index (χ3n) is 8.04. The summed E-state index contributed by atoms with van der Waals surface area (Å²) in [5, 5.41) is 1.27. The third kappa shape index (κ3) is 3.60. The molecular formula is C33H19Cl2N3O4S. The molecule has 8 rings (SSSR count). The lowest BCUT2D eigenvalue weighted by atomic mass is 9.84. The Labute approximate surface area is 258 Å². The number of amides is 2. The van der Waals surface area contributed by atoms with E-state index in [1.807, 2.05) is 43.3 Å². The van der Waals surface area contributed by atoms with Crippen LogP contribution in [0.4, 0.5) is 10.8 Å². The lowest BCUT2D eigenvalue weighted by Crippen LogP contribution is -2.53. The molecule has 2 amide bonds. The first-order chi connectivity index (χ1) is 20.8. The minimum absolute atomic E-state index is 0.0475. The van der Waals surface area contributed by atoms with Crippen LogP contribution in [0.2, 0.25) is 10.0 Å². The minimum Gasteiger partial charge on any atom is -0.450 e. The van der Waals surface area contributed by atoms with Gasteiger partial charge in [-0.25, -0.2) is 4.98 Å². The molecule has 6 aromatic rings.